The molecule has 3 aromatic rings. The highest BCUT2D eigenvalue weighted by Gasteiger charge is 2.15. The number of allylic oxidation sites excluding steroid dienone is 1. The maximum absolute atomic E-state index is 9.51. The van der Waals surface area contributed by atoms with Crippen LogP contribution >= 0.6 is 0 Å². The second kappa shape index (κ2) is 4.46. The molecule has 0 amide bonds. The molecular formula is C19H16O. The Morgan fingerprint density at radius 2 is 1.70 bits per heavy atom. The predicted octanol–water partition coefficient (Wildman–Crippen LogP) is 4.31. The molecule has 1 N–H and O–H groups in total. The number of hydrogen-bond acceptors (Lipinski definition) is 1. The van der Waals surface area contributed by atoms with Crippen LogP contribution < -0.4 is 0 Å². The van der Waals surface area contributed by atoms with Gasteiger partial charge in [0.25, 0.3) is 0 Å². The number of hydrogen-bond donors (Lipinski definition) is 1. The summed E-state index contributed by atoms with van der Waals surface area (Å²) >= 11 is 0. The van der Waals surface area contributed by atoms with Gasteiger partial charge in [0.05, 0.1) is 6.61 Å². The van der Waals surface area contributed by atoms with E-state index in [0.717, 1.165) is 18.4 Å². The van der Waals surface area contributed by atoms with E-state index in [2.05, 4.69) is 54.6 Å². The maximum Gasteiger partial charge on any atom is 0.0684 e. The van der Waals surface area contributed by atoms with E-state index >= 15 is 0 Å². The Hall–Kier alpha value is -2.12. The second-order valence-electron chi connectivity index (χ2n) is 5.40. The number of benzene rings is 3. The van der Waals surface area contributed by atoms with Crippen LogP contribution in [0.2, 0.25) is 0 Å². The van der Waals surface area contributed by atoms with Crippen LogP contribution in [-0.4, -0.2) is 11.7 Å². The SMILES string of the molecule is OCC1=CCCc2c1ccc1c2ccc2ccccc21. The van der Waals surface area contributed by atoms with Crippen LogP contribution in [0.3, 0.4) is 0 Å². The molecule has 1 nitrogen and oxygen atoms in total. The molecule has 0 saturated heterocycles. The zero-order valence-corrected chi connectivity index (χ0v) is 11.3. The van der Waals surface area contributed by atoms with Crippen LogP contribution in [0.15, 0.2) is 54.6 Å². The van der Waals surface area contributed by atoms with Gasteiger partial charge in [-0.15, -0.1) is 0 Å². The van der Waals surface area contributed by atoms with Crippen molar-refractivity contribution in [1.82, 2.24) is 0 Å². The summed E-state index contributed by atoms with van der Waals surface area (Å²) in [5.74, 6) is 0. The average Bonchev–Trinajstić information content (AvgIpc) is 2.53. The summed E-state index contributed by atoms with van der Waals surface area (Å²) < 4.78 is 0. The van der Waals surface area contributed by atoms with Gasteiger partial charge in [-0.2, -0.15) is 0 Å². The van der Waals surface area contributed by atoms with Crippen LogP contribution in [0, 0.1) is 0 Å². The van der Waals surface area contributed by atoms with Crippen molar-refractivity contribution in [2.45, 2.75) is 12.8 Å². The van der Waals surface area contributed by atoms with Crippen molar-refractivity contribution in [1.29, 1.82) is 0 Å². The molecule has 0 aliphatic heterocycles. The van der Waals surface area contributed by atoms with Crippen molar-refractivity contribution in [3.63, 3.8) is 0 Å². The van der Waals surface area contributed by atoms with Crippen LogP contribution in [0.4, 0.5) is 0 Å². The molecular weight excluding hydrogens is 244 g/mol. The van der Waals surface area contributed by atoms with Gasteiger partial charge >= 0.3 is 0 Å². The van der Waals surface area contributed by atoms with E-state index in [1.54, 1.807) is 0 Å². The summed E-state index contributed by atoms with van der Waals surface area (Å²) in [5.41, 5.74) is 3.68. The van der Waals surface area contributed by atoms with E-state index in [-0.39, 0.29) is 6.61 Å². The third-order valence-electron chi connectivity index (χ3n) is 4.34. The zero-order chi connectivity index (χ0) is 13.5. The molecule has 0 heterocycles. The average molecular weight is 260 g/mol. The number of fused-ring (bicyclic) bond motifs is 5. The molecule has 0 fully saturated rings. The van der Waals surface area contributed by atoms with E-state index < -0.39 is 0 Å². The minimum Gasteiger partial charge on any atom is -0.392 e. The summed E-state index contributed by atoms with van der Waals surface area (Å²) in [4.78, 5) is 0. The van der Waals surface area contributed by atoms with E-state index in [0.29, 0.717) is 0 Å². The normalized spacial score (nSPS) is 14.3. The molecule has 98 valence electrons. The summed E-state index contributed by atoms with van der Waals surface area (Å²) in [6.45, 7) is 0.131. The lowest BCUT2D eigenvalue weighted by molar-refractivity contribution is 0.349. The standard InChI is InChI=1S/C19H16O/c20-12-14-5-3-7-17-16(14)10-11-18-15-6-2-1-4-13(15)8-9-19(17)18/h1-2,4-6,8-11,20H,3,7,12H2. The quantitative estimate of drug-likeness (QED) is 0.646. The highest BCUT2D eigenvalue weighted by molar-refractivity contribution is 6.09. The first-order valence-electron chi connectivity index (χ1n) is 7.12. The van der Waals surface area contributed by atoms with Gasteiger partial charge in [-0.3, -0.25) is 0 Å². The van der Waals surface area contributed by atoms with Crippen molar-refractivity contribution in [3.05, 3.63) is 65.7 Å². The van der Waals surface area contributed by atoms with E-state index in [1.165, 1.54) is 32.7 Å². The van der Waals surface area contributed by atoms with Gasteiger partial charge in [0.1, 0.15) is 0 Å². The molecule has 0 bridgehead atoms. The number of aliphatic hydroxyl groups excluding tert-OH is 1. The summed E-state index contributed by atoms with van der Waals surface area (Å²) in [6.07, 6.45) is 4.25. The smallest absolute Gasteiger partial charge is 0.0684 e. The minimum atomic E-state index is 0.131. The topological polar surface area (TPSA) is 20.2 Å². The molecule has 20 heavy (non-hydrogen) atoms. The van der Waals surface area contributed by atoms with E-state index in [9.17, 15) is 5.11 Å². The molecule has 0 saturated carbocycles. The Balaban J connectivity index is 2.10. The lowest BCUT2D eigenvalue weighted by Crippen LogP contribution is -2.03. The lowest BCUT2D eigenvalue weighted by Gasteiger charge is -2.19. The molecule has 3 aromatic carbocycles. The van der Waals surface area contributed by atoms with Gasteiger partial charge in [-0.1, -0.05) is 54.6 Å². The predicted molar refractivity (Wildman–Crippen MR) is 84.8 cm³/mol. The third kappa shape index (κ3) is 1.60. The molecule has 1 aliphatic carbocycles. The van der Waals surface area contributed by atoms with Crippen LogP contribution in [0.5, 0.6) is 0 Å². The number of aliphatic hydroxyl groups is 1. The lowest BCUT2D eigenvalue weighted by atomic mass is 9.86. The summed E-state index contributed by atoms with van der Waals surface area (Å²) in [5, 5.41) is 14.8. The highest BCUT2D eigenvalue weighted by Crippen LogP contribution is 2.35. The molecule has 0 unspecified atom stereocenters. The fraction of sp³-hybridized carbons (Fsp3) is 0.158. The van der Waals surface area contributed by atoms with Crippen LogP contribution in [-0.2, 0) is 6.42 Å². The first kappa shape index (κ1) is 11.7. The van der Waals surface area contributed by atoms with Gasteiger partial charge in [0.2, 0.25) is 0 Å². The fourth-order valence-electron chi connectivity index (χ4n) is 3.37. The van der Waals surface area contributed by atoms with Gasteiger partial charge < -0.3 is 5.11 Å². The van der Waals surface area contributed by atoms with E-state index in [1.807, 2.05) is 0 Å². The molecule has 0 aromatic heterocycles. The molecule has 0 atom stereocenters. The first-order chi connectivity index (χ1) is 9.88. The molecule has 1 aliphatic rings. The Morgan fingerprint density at radius 3 is 2.60 bits per heavy atom. The number of rotatable bonds is 1. The van der Waals surface area contributed by atoms with Crippen LogP contribution in [0.25, 0.3) is 27.1 Å². The molecule has 0 spiro atoms. The van der Waals surface area contributed by atoms with Gasteiger partial charge in [0.15, 0.2) is 0 Å². The Labute approximate surface area is 118 Å². The fourth-order valence-corrected chi connectivity index (χ4v) is 3.37. The third-order valence-corrected chi connectivity index (χ3v) is 4.34. The summed E-state index contributed by atoms with van der Waals surface area (Å²) in [7, 11) is 0. The zero-order valence-electron chi connectivity index (χ0n) is 11.3. The maximum atomic E-state index is 9.51. The van der Waals surface area contributed by atoms with Crippen molar-refractivity contribution < 1.29 is 5.11 Å². The van der Waals surface area contributed by atoms with Crippen molar-refractivity contribution in [3.8, 4) is 0 Å². The van der Waals surface area contributed by atoms with Gasteiger partial charge in [0, 0.05) is 0 Å². The van der Waals surface area contributed by atoms with Gasteiger partial charge in [-0.05, 0) is 51.1 Å². The largest absolute Gasteiger partial charge is 0.392 e. The van der Waals surface area contributed by atoms with E-state index in [4.69, 9.17) is 0 Å². The second-order valence-corrected chi connectivity index (χ2v) is 5.40. The Bertz CT molecular complexity index is 843. The summed E-state index contributed by atoms with van der Waals surface area (Å²) in [6, 6.07) is 17.3. The first-order valence-corrected chi connectivity index (χ1v) is 7.12. The van der Waals surface area contributed by atoms with Gasteiger partial charge in [-0.25, -0.2) is 0 Å². The Kier molecular flexibility index (Phi) is 2.61. The highest BCUT2D eigenvalue weighted by atomic mass is 16.3. The molecule has 0 radical (unpaired) electrons. The monoisotopic (exact) mass is 260 g/mol. The number of aryl methyl sites for hydroxylation is 1. The Morgan fingerprint density at radius 1 is 0.850 bits per heavy atom. The van der Waals surface area contributed by atoms with Crippen molar-refractivity contribution in [2.75, 3.05) is 6.61 Å². The molecule has 4 rings (SSSR count). The molecule has 1 heteroatoms. The minimum absolute atomic E-state index is 0.131. The van der Waals surface area contributed by atoms with Crippen molar-refractivity contribution >= 4 is 27.1 Å². The van der Waals surface area contributed by atoms with Crippen LogP contribution in [0.1, 0.15) is 17.5 Å². The van der Waals surface area contributed by atoms with Crippen molar-refractivity contribution in [2.24, 2.45) is 0 Å².